The first kappa shape index (κ1) is 19.1. The summed E-state index contributed by atoms with van der Waals surface area (Å²) >= 11 is 0. The van der Waals surface area contributed by atoms with E-state index in [0.717, 1.165) is 32.0 Å². The zero-order valence-corrected chi connectivity index (χ0v) is 14.5. The summed E-state index contributed by atoms with van der Waals surface area (Å²) in [5, 5.41) is 6.96. The number of halogens is 3. The summed E-state index contributed by atoms with van der Waals surface area (Å²) in [5.74, 6) is 1.10. The van der Waals surface area contributed by atoms with Crippen LogP contribution in [0.5, 0.6) is 5.75 Å². The van der Waals surface area contributed by atoms with Gasteiger partial charge >= 0.3 is 6.18 Å². The van der Waals surface area contributed by atoms with Gasteiger partial charge in [-0.3, -0.25) is 9.69 Å². The molecule has 2 aromatic rings. The minimum Gasteiger partial charge on any atom is -0.492 e. The van der Waals surface area contributed by atoms with Crippen LogP contribution in [-0.4, -0.2) is 60.7 Å². The van der Waals surface area contributed by atoms with E-state index in [-0.39, 0.29) is 0 Å². The first-order chi connectivity index (χ1) is 13.0. The molecule has 0 bridgehead atoms. The lowest BCUT2D eigenvalue weighted by atomic mass is 10.2. The van der Waals surface area contributed by atoms with Gasteiger partial charge in [-0.25, -0.2) is 0 Å². The van der Waals surface area contributed by atoms with Crippen LogP contribution in [0, 0.1) is 0 Å². The average Bonchev–Trinajstić information content (AvgIpc) is 2.68. The van der Waals surface area contributed by atoms with E-state index in [1.807, 2.05) is 4.90 Å². The number of nitrogens with zero attached hydrogens (tertiary/aromatic N) is 4. The largest absolute Gasteiger partial charge is 0.492 e. The Bertz CT molecular complexity index is 760. The molecule has 1 saturated heterocycles. The number of benzene rings is 1. The van der Waals surface area contributed by atoms with Crippen LogP contribution in [0.1, 0.15) is 16.1 Å². The van der Waals surface area contributed by atoms with E-state index < -0.39 is 11.9 Å². The van der Waals surface area contributed by atoms with Crippen molar-refractivity contribution in [1.82, 2.24) is 15.1 Å². The quantitative estimate of drug-likeness (QED) is 0.718. The van der Waals surface area contributed by atoms with Crippen molar-refractivity contribution in [3.63, 3.8) is 0 Å². The minimum absolute atomic E-state index is 0.449. The number of piperazine rings is 1. The van der Waals surface area contributed by atoms with Crippen molar-refractivity contribution < 1.29 is 22.7 Å². The first-order valence-electron chi connectivity index (χ1n) is 8.52. The van der Waals surface area contributed by atoms with Crippen molar-refractivity contribution >= 4 is 12.1 Å². The van der Waals surface area contributed by atoms with Gasteiger partial charge in [0.05, 0.1) is 0 Å². The Labute approximate surface area is 154 Å². The van der Waals surface area contributed by atoms with Crippen molar-refractivity contribution in [1.29, 1.82) is 0 Å². The second kappa shape index (κ2) is 8.34. The molecule has 0 saturated carbocycles. The van der Waals surface area contributed by atoms with Gasteiger partial charge in [-0.1, -0.05) is 12.1 Å². The topological polar surface area (TPSA) is 58.6 Å². The standard InChI is InChI=1S/C18H19F3N4O2/c19-18(20,21)16-4-5-17(23-22-16)25-8-6-24(7-9-25)10-11-27-15-3-1-2-14(12-15)13-26/h1-5,12-13H,6-11H2. The number of carbonyl (C=O) groups is 1. The van der Waals surface area contributed by atoms with Crippen LogP contribution in [-0.2, 0) is 6.18 Å². The van der Waals surface area contributed by atoms with Crippen LogP contribution in [0.15, 0.2) is 36.4 Å². The maximum Gasteiger partial charge on any atom is 0.435 e. The smallest absolute Gasteiger partial charge is 0.435 e. The molecule has 27 heavy (non-hydrogen) atoms. The third-order valence-electron chi connectivity index (χ3n) is 4.31. The summed E-state index contributed by atoms with van der Waals surface area (Å²) in [7, 11) is 0. The summed E-state index contributed by atoms with van der Waals surface area (Å²) in [6.45, 7) is 4.02. The third kappa shape index (κ3) is 5.16. The Hall–Kier alpha value is -2.68. The van der Waals surface area contributed by atoms with Crippen LogP contribution in [0.25, 0.3) is 0 Å². The van der Waals surface area contributed by atoms with Crippen LogP contribution in [0.2, 0.25) is 0 Å². The van der Waals surface area contributed by atoms with E-state index in [2.05, 4.69) is 15.1 Å². The van der Waals surface area contributed by atoms with Crippen molar-refractivity contribution in [2.45, 2.75) is 6.18 Å². The number of hydrogen-bond donors (Lipinski definition) is 0. The van der Waals surface area contributed by atoms with E-state index >= 15 is 0 Å². The maximum absolute atomic E-state index is 12.5. The van der Waals surface area contributed by atoms with Crippen molar-refractivity contribution in [3.8, 4) is 5.75 Å². The predicted octanol–water partition coefficient (Wildman–Crippen LogP) is 2.51. The molecule has 1 aromatic carbocycles. The highest BCUT2D eigenvalue weighted by atomic mass is 19.4. The molecule has 0 N–H and O–H groups in total. The summed E-state index contributed by atoms with van der Waals surface area (Å²) < 4.78 is 43.3. The Balaban J connectivity index is 1.44. The molecule has 1 fully saturated rings. The zero-order valence-electron chi connectivity index (χ0n) is 14.5. The fourth-order valence-electron chi connectivity index (χ4n) is 2.82. The van der Waals surface area contributed by atoms with E-state index in [9.17, 15) is 18.0 Å². The van der Waals surface area contributed by atoms with Gasteiger partial charge in [0.15, 0.2) is 11.5 Å². The molecule has 2 heterocycles. The number of rotatable bonds is 6. The molecule has 3 rings (SSSR count). The molecule has 0 unspecified atom stereocenters. The summed E-state index contributed by atoms with van der Waals surface area (Å²) in [4.78, 5) is 14.9. The van der Waals surface area contributed by atoms with Gasteiger partial charge in [-0.05, 0) is 24.3 Å². The second-order valence-electron chi connectivity index (χ2n) is 6.14. The molecule has 6 nitrogen and oxygen atoms in total. The van der Waals surface area contributed by atoms with Crippen molar-refractivity contribution in [2.75, 3.05) is 44.2 Å². The summed E-state index contributed by atoms with van der Waals surface area (Å²) in [6, 6.07) is 9.28. The highest BCUT2D eigenvalue weighted by molar-refractivity contribution is 5.75. The highest BCUT2D eigenvalue weighted by Gasteiger charge is 2.33. The first-order valence-corrected chi connectivity index (χ1v) is 8.52. The predicted molar refractivity (Wildman–Crippen MR) is 93.0 cm³/mol. The fourth-order valence-corrected chi connectivity index (χ4v) is 2.82. The molecule has 144 valence electrons. The molecule has 1 aromatic heterocycles. The number of ether oxygens (including phenoxy) is 1. The highest BCUT2D eigenvalue weighted by Crippen LogP contribution is 2.27. The number of alkyl halides is 3. The molecule has 0 atom stereocenters. The number of aldehydes is 1. The second-order valence-corrected chi connectivity index (χ2v) is 6.14. The van der Waals surface area contributed by atoms with E-state index in [0.29, 0.717) is 36.8 Å². The van der Waals surface area contributed by atoms with Gasteiger partial charge in [0, 0.05) is 38.3 Å². The van der Waals surface area contributed by atoms with Crippen LogP contribution in [0.4, 0.5) is 19.0 Å². The van der Waals surface area contributed by atoms with Gasteiger partial charge < -0.3 is 9.64 Å². The maximum atomic E-state index is 12.5. The van der Waals surface area contributed by atoms with E-state index in [1.165, 1.54) is 6.07 Å². The number of anilines is 1. The van der Waals surface area contributed by atoms with Gasteiger partial charge in [0.25, 0.3) is 0 Å². The van der Waals surface area contributed by atoms with Crippen LogP contribution < -0.4 is 9.64 Å². The monoisotopic (exact) mass is 380 g/mol. The van der Waals surface area contributed by atoms with Gasteiger partial charge in [0.2, 0.25) is 0 Å². The molecular formula is C18H19F3N4O2. The third-order valence-corrected chi connectivity index (χ3v) is 4.31. The number of aromatic nitrogens is 2. The van der Waals surface area contributed by atoms with E-state index in [4.69, 9.17) is 4.74 Å². The minimum atomic E-state index is -4.48. The summed E-state index contributed by atoms with van der Waals surface area (Å²) in [6.07, 6.45) is -3.70. The van der Waals surface area contributed by atoms with Crippen molar-refractivity contribution in [3.05, 3.63) is 47.7 Å². The molecule has 1 aliphatic rings. The molecule has 0 radical (unpaired) electrons. The molecule has 0 aliphatic carbocycles. The van der Waals surface area contributed by atoms with Crippen molar-refractivity contribution in [2.24, 2.45) is 0 Å². The SMILES string of the molecule is O=Cc1cccc(OCCN2CCN(c3ccc(C(F)(F)F)nn3)CC2)c1. The molecule has 0 amide bonds. The van der Waals surface area contributed by atoms with Gasteiger partial charge in [0.1, 0.15) is 18.6 Å². The van der Waals surface area contributed by atoms with Gasteiger partial charge in [-0.2, -0.15) is 13.2 Å². The summed E-state index contributed by atoms with van der Waals surface area (Å²) in [5.41, 5.74) is -0.417. The van der Waals surface area contributed by atoms with E-state index in [1.54, 1.807) is 24.3 Å². The Morgan fingerprint density at radius 3 is 2.48 bits per heavy atom. The lowest BCUT2D eigenvalue weighted by Gasteiger charge is -2.35. The molecule has 1 aliphatic heterocycles. The number of hydrogen-bond acceptors (Lipinski definition) is 6. The average molecular weight is 380 g/mol. The zero-order chi connectivity index (χ0) is 19.3. The normalized spacial score (nSPS) is 15.6. The molecule has 9 heteroatoms. The molecule has 0 spiro atoms. The Morgan fingerprint density at radius 1 is 1.07 bits per heavy atom. The lowest BCUT2D eigenvalue weighted by molar-refractivity contribution is -0.141. The van der Waals surface area contributed by atoms with Gasteiger partial charge in [-0.15, -0.1) is 10.2 Å². The fraction of sp³-hybridized carbons (Fsp3) is 0.389. The number of carbonyl (C=O) groups excluding carboxylic acids is 1. The molecular weight excluding hydrogens is 361 g/mol. The Morgan fingerprint density at radius 2 is 1.85 bits per heavy atom. The van der Waals surface area contributed by atoms with Crippen LogP contribution >= 0.6 is 0 Å². The lowest BCUT2D eigenvalue weighted by Crippen LogP contribution is -2.47. The van der Waals surface area contributed by atoms with Crippen LogP contribution in [0.3, 0.4) is 0 Å². The Kier molecular flexibility index (Phi) is 5.90.